The van der Waals surface area contributed by atoms with E-state index in [0.717, 1.165) is 71.1 Å². The zero-order chi connectivity index (χ0) is 81.4. The van der Waals surface area contributed by atoms with Gasteiger partial charge in [0.2, 0.25) is 0 Å². The maximum atomic E-state index is 11.9. The fourth-order valence-corrected chi connectivity index (χ4v) is 11.1. The van der Waals surface area contributed by atoms with E-state index in [-0.39, 0.29) is 17.9 Å². The predicted molar refractivity (Wildman–Crippen MR) is 435 cm³/mol. The fourth-order valence-electron chi connectivity index (χ4n) is 10.1. The topological polar surface area (TPSA) is 336 Å². The van der Waals surface area contributed by atoms with Crippen LogP contribution in [0.15, 0.2) is 154 Å². The Morgan fingerprint density at radius 1 is 0.482 bits per heavy atom. The summed E-state index contributed by atoms with van der Waals surface area (Å²) in [6.07, 6.45) is 19.9. The van der Waals surface area contributed by atoms with Gasteiger partial charge < -0.3 is 34.5 Å². The first kappa shape index (κ1) is 89.6. The molecule has 0 fully saturated rings. The first-order valence-corrected chi connectivity index (χ1v) is 38.1. The number of aromatic carboxylic acids is 1. The fraction of sp³-hybridized carbons (Fsp3) is 0.338. The number of rotatable bonds is 14. The Morgan fingerprint density at radius 3 is 1.23 bits per heavy atom. The van der Waals surface area contributed by atoms with Crippen molar-refractivity contribution in [2.45, 2.75) is 155 Å². The number of ether oxygens (including phenoxy) is 5. The van der Waals surface area contributed by atoms with E-state index in [2.05, 4.69) is 100 Å². The van der Waals surface area contributed by atoms with Crippen molar-refractivity contribution in [1.29, 1.82) is 0 Å². The molecule has 0 aromatic carbocycles. The Hall–Kier alpha value is -11.0. The highest BCUT2D eigenvalue weighted by molar-refractivity contribution is 9.11. The van der Waals surface area contributed by atoms with Gasteiger partial charge in [0.05, 0.1) is 88.2 Å². The Kier molecular flexibility index (Phi) is 36.2. The average Bonchev–Trinajstić information content (AvgIpc) is 1.68. The zero-order valence-electron chi connectivity index (χ0n) is 64.9. The molecule has 1 amide bonds. The van der Waals surface area contributed by atoms with Crippen LogP contribution < -0.4 is 21.6 Å². The summed E-state index contributed by atoms with van der Waals surface area (Å²) in [5.74, 6) is 7.97. The summed E-state index contributed by atoms with van der Waals surface area (Å²) in [6.45, 7) is 31.9. The van der Waals surface area contributed by atoms with Gasteiger partial charge in [0.15, 0.2) is 12.4 Å². The number of nitrogens with one attached hydrogen (secondary N) is 1. The Bertz CT molecular complexity index is 4870. The second-order valence-corrected chi connectivity index (χ2v) is 27.3. The van der Waals surface area contributed by atoms with E-state index in [1.165, 1.54) is 15.8 Å². The van der Waals surface area contributed by atoms with E-state index in [0.29, 0.717) is 102 Å². The molecule has 110 heavy (non-hydrogen) atoms. The summed E-state index contributed by atoms with van der Waals surface area (Å²) < 4.78 is 37.7. The standard InChI is InChI=1S/C14H18BrN3O2.C13H16N2O2.C12H13BrN2O2.C12H15N3O2.C10H9BrN2O2.C7H10O2.C6H9N2.C6H7N/c1-5-10-12(16-13(19)20-14(2,3)4)11-8-9(15)6-7-18(11)17-10;1-4-10-12(13(16)17-5-2)11-8-9(3)6-7-15(11)14-10;2*1-3-9-11(12(16)17-4-2)10-7-8(13)5-6-15(10)14-9;1-2-7-9(10(14)15)8-5-6(11)3-4-13(8)12-7;1-3-5-6-7(8)9-4-2;1-6-2-4-8(7)5-3-6;1-6-2-4-7-5-3-6/h6-8H,5H2,1-4H3,(H,16,19);6-8H,4-5H2,1-3H3;5-7H,3-4H2,1-2H3;5-7H,3-4,13H2,1-2H3;3-5H,2H2,1H3,(H,14,15);3-4H2,1-2H3;2-5H,7H2,1H3;2-5H,1H3/q;;;;;;+1;. The van der Waals surface area contributed by atoms with Crippen molar-refractivity contribution in [1.82, 2.24) is 53.1 Å². The number of carbonyl (C=O) groups is 6. The number of nitrogens with zero attached hydrogens (tertiary/aromatic N) is 12. The molecule has 0 atom stereocenters. The molecule has 27 nitrogen and oxygen atoms in total. The van der Waals surface area contributed by atoms with Gasteiger partial charge >= 0.3 is 35.9 Å². The minimum atomic E-state index is -0.931. The number of anilines is 2. The molecule has 584 valence electrons. The van der Waals surface area contributed by atoms with Gasteiger partial charge in [-0.25, -0.2) is 57.2 Å². The lowest BCUT2D eigenvalue weighted by molar-refractivity contribution is -0.639. The lowest BCUT2D eigenvalue weighted by Gasteiger charge is -2.19. The van der Waals surface area contributed by atoms with E-state index >= 15 is 0 Å². The maximum Gasteiger partial charge on any atom is 0.412 e. The number of hydrogen-bond acceptors (Lipinski definition) is 19. The number of fused-ring (bicyclic) bond motifs is 5. The number of carboxylic acid groups (broad SMARTS) is 1. The van der Waals surface area contributed by atoms with Crippen molar-refractivity contribution in [2.24, 2.45) is 0 Å². The third-order valence-electron chi connectivity index (χ3n) is 15.1. The van der Waals surface area contributed by atoms with Crippen LogP contribution in [0.5, 0.6) is 0 Å². The lowest BCUT2D eigenvalue weighted by atomic mass is 10.1. The number of amides is 1. The van der Waals surface area contributed by atoms with E-state index in [9.17, 15) is 28.8 Å². The van der Waals surface area contributed by atoms with E-state index in [1.54, 1.807) is 93.3 Å². The monoisotopic (exact) mass is 1700 g/mol. The summed E-state index contributed by atoms with van der Waals surface area (Å²) >= 11 is 10.1. The van der Waals surface area contributed by atoms with Crippen molar-refractivity contribution in [3.8, 4) is 11.8 Å². The van der Waals surface area contributed by atoms with Crippen LogP contribution in [-0.4, -0.2) is 126 Å². The molecule has 12 heterocycles. The summed E-state index contributed by atoms with van der Waals surface area (Å²) in [7, 11) is 0. The molecule has 6 N–H and O–H groups in total. The molecule has 0 bridgehead atoms. The van der Waals surface area contributed by atoms with Crippen LogP contribution in [0, 0.1) is 32.6 Å². The normalized spacial score (nSPS) is 10.4. The molecule has 0 aliphatic rings. The van der Waals surface area contributed by atoms with Crippen molar-refractivity contribution < 1.29 is 62.2 Å². The molecule has 0 aliphatic heterocycles. The number of nitrogen functional groups attached to an aromatic ring is 2. The largest absolute Gasteiger partial charge is 0.478 e. The Morgan fingerprint density at radius 2 is 0.845 bits per heavy atom. The highest BCUT2D eigenvalue weighted by Crippen LogP contribution is 2.28. The molecule has 0 saturated heterocycles. The van der Waals surface area contributed by atoms with Gasteiger partial charge in [0, 0.05) is 87.0 Å². The number of aromatic nitrogens is 12. The minimum Gasteiger partial charge on any atom is -0.478 e. The highest BCUT2D eigenvalue weighted by atomic mass is 79.9. The van der Waals surface area contributed by atoms with Gasteiger partial charge in [0.1, 0.15) is 27.9 Å². The van der Waals surface area contributed by atoms with Gasteiger partial charge in [-0.1, -0.05) is 99.9 Å². The number of hydrogen-bond donors (Lipinski definition) is 4. The minimum absolute atomic E-state index is 0.287. The first-order valence-electron chi connectivity index (χ1n) is 35.7. The molecular weight excluding hydrogens is 1600 g/mol. The van der Waals surface area contributed by atoms with Crippen LogP contribution in [0.4, 0.5) is 16.2 Å². The summed E-state index contributed by atoms with van der Waals surface area (Å²) in [5.41, 5.74) is 19.5. The van der Waals surface area contributed by atoms with Gasteiger partial charge in [-0.05, 0) is 191 Å². The van der Waals surface area contributed by atoms with Crippen molar-refractivity contribution in [3.05, 3.63) is 222 Å². The Labute approximate surface area is 665 Å². The average molecular weight is 1700 g/mol. The number of carboxylic acids is 1. The van der Waals surface area contributed by atoms with Crippen LogP contribution in [0.2, 0.25) is 0 Å². The number of carbonyl (C=O) groups excluding carboxylic acids is 5. The first-order chi connectivity index (χ1) is 52.4. The van der Waals surface area contributed by atoms with Crippen molar-refractivity contribution >= 4 is 123 Å². The van der Waals surface area contributed by atoms with Crippen LogP contribution in [0.1, 0.15) is 183 Å². The molecule has 12 aromatic rings. The summed E-state index contributed by atoms with van der Waals surface area (Å²) in [4.78, 5) is 73.0. The third-order valence-corrected chi connectivity index (χ3v) is 16.5. The van der Waals surface area contributed by atoms with E-state index in [1.807, 2.05) is 181 Å². The van der Waals surface area contributed by atoms with Crippen molar-refractivity contribution in [2.75, 3.05) is 43.3 Å². The van der Waals surface area contributed by atoms with Crippen LogP contribution >= 0.6 is 47.8 Å². The number of pyridine rings is 7. The quantitative estimate of drug-likeness (QED) is 0.0196. The molecule has 12 rings (SSSR count). The second-order valence-electron chi connectivity index (χ2n) is 24.5. The van der Waals surface area contributed by atoms with Crippen LogP contribution in [-0.2, 0) is 60.6 Å². The SMILES string of the molecule is CCC#CC(=O)OCC.CCOC(=O)c1c(CC)nn2ccc(Br)cc12.CCOC(=O)c1c(CC)nn2ccc(C)cc12.CCOC(=O)c1c(CC)nn2ccc(N)cc12.CCc1nn2ccc(Br)cc2c1C(=O)O.CCc1nn2ccc(Br)cc2c1NC(=O)OC(C)(C)C.Cc1cc[n+](N)cc1.Cc1ccncc1. The lowest BCUT2D eigenvalue weighted by Crippen LogP contribution is -2.43. The molecule has 0 radical (unpaired) electrons. The molecule has 12 aromatic heterocycles. The molecule has 30 heteroatoms. The Balaban J connectivity index is 0.000000230. The molecule has 0 aliphatic carbocycles. The number of halogens is 3. The van der Waals surface area contributed by atoms with Gasteiger partial charge in [-0.2, -0.15) is 25.5 Å². The van der Waals surface area contributed by atoms with Gasteiger partial charge in [-0.15, -0.1) is 0 Å². The third kappa shape index (κ3) is 26.7. The molecule has 0 saturated carbocycles. The maximum absolute atomic E-state index is 11.9. The summed E-state index contributed by atoms with van der Waals surface area (Å²) in [6, 6.07) is 26.4. The number of esters is 4. The van der Waals surface area contributed by atoms with E-state index < -0.39 is 23.6 Å². The zero-order valence-corrected chi connectivity index (χ0v) is 69.7. The van der Waals surface area contributed by atoms with Crippen molar-refractivity contribution in [3.63, 3.8) is 0 Å². The number of aryl methyl sites for hydroxylation is 8. The van der Waals surface area contributed by atoms with Crippen LogP contribution in [0.25, 0.3) is 27.6 Å². The second kappa shape index (κ2) is 44.4. The molecule has 0 unspecified atom stereocenters. The van der Waals surface area contributed by atoms with Crippen LogP contribution in [0.3, 0.4) is 0 Å². The smallest absolute Gasteiger partial charge is 0.412 e. The predicted octanol–water partition coefficient (Wildman–Crippen LogP) is 15.6. The highest BCUT2D eigenvalue weighted by Gasteiger charge is 2.24. The van der Waals surface area contributed by atoms with E-state index in [4.69, 9.17) is 35.6 Å². The molecule has 0 spiro atoms. The number of nitrogens with two attached hydrogens (primary N) is 2. The van der Waals surface area contributed by atoms with Gasteiger partial charge in [-0.3, -0.25) is 10.3 Å². The molecular formula is C80H97Br3N15O12+. The van der Waals surface area contributed by atoms with Gasteiger partial charge in [0.25, 0.3) is 0 Å². The summed E-state index contributed by atoms with van der Waals surface area (Å²) in [5, 5.41) is 33.7.